The predicted octanol–water partition coefficient (Wildman–Crippen LogP) is 3.21. The molecule has 2 heterocycles. The van der Waals surface area contributed by atoms with Gasteiger partial charge in [-0.25, -0.2) is 9.97 Å². The van der Waals surface area contributed by atoms with Crippen LogP contribution < -0.4 is 10.2 Å². The van der Waals surface area contributed by atoms with Gasteiger partial charge in [-0.15, -0.1) is 0 Å². The minimum Gasteiger partial charge on any atom is -0.396 e. The lowest BCUT2D eigenvalue weighted by Crippen LogP contribution is -2.33. The van der Waals surface area contributed by atoms with Crippen LogP contribution in [0.3, 0.4) is 0 Å². The average molecular weight is 318 g/mol. The van der Waals surface area contributed by atoms with Crippen molar-refractivity contribution in [3.05, 3.63) is 12.4 Å². The number of piperidine rings is 1. The number of aromatic nitrogens is 2. The Kier molecular flexibility index (Phi) is 5.70. The molecular formula is C18H30N4O. The van der Waals surface area contributed by atoms with Gasteiger partial charge in [0, 0.05) is 32.3 Å². The second-order valence-electron chi connectivity index (χ2n) is 7.20. The van der Waals surface area contributed by atoms with Gasteiger partial charge in [0.25, 0.3) is 0 Å². The van der Waals surface area contributed by atoms with Gasteiger partial charge in [0.15, 0.2) is 0 Å². The van der Waals surface area contributed by atoms with Crippen molar-refractivity contribution in [1.29, 1.82) is 0 Å². The van der Waals surface area contributed by atoms with E-state index in [4.69, 9.17) is 0 Å². The van der Waals surface area contributed by atoms with Crippen LogP contribution in [0.5, 0.6) is 0 Å². The quantitative estimate of drug-likeness (QED) is 0.843. The number of rotatable bonds is 6. The van der Waals surface area contributed by atoms with E-state index < -0.39 is 0 Å². The summed E-state index contributed by atoms with van der Waals surface area (Å²) in [4.78, 5) is 11.2. The molecule has 0 atom stereocenters. The van der Waals surface area contributed by atoms with Gasteiger partial charge >= 0.3 is 0 Å². The van der Waals surface area contributed by atoms with Gasteiger partial charge < -0.3 is 15.3 Å². The zero-order chi connectivity index (χ0) is 16.0. The third kappa shape index (κ3) is 4.34. The Morgan fingerprint density at radius 3 is 2.52 bits per heavy atom. The smallest absolute Gasteiger partial charge is 0.134 e. The SMILES string of the molecule is OCCC1(CNc2cc(N3CCCCC3)ncn2)CCCCC1. The Morgan fingerprint density at radius 2 is 1.78 bits per heavy atom. The van der Waals surface area contributed by atoms with Crippen LogP contribution in [0, 0.1) is 5.41 Å². The highest BCUT2D eigenvalue weighted by atomic mass is 16.3. The van der Waals surface area contributed by atoms with Crippen LogP contribution in [0.25, 0.3) is 0 Å². The number of hydrogen-bond donors (Lipinski definition) is 2. The number of nitrogens with zero attached hydrogens (tertiary/aromatic N) is 3. The Morgan fingerprint density at radius 1 is 1.04 bits per heavy atom. The molecule has 1 aromatic heterocycles. The third-order valence-electron chi connectivity index (χ3n) is 5.53. The van der Waals surface area contributed by atoms with Crippen LogP contribution in [0.1, 0.15) is 57.8 Å². The van der Waals surface area contributed by atoms with Crippen LogP contribution in [-0.2, 0) is 0 Å². The fourth-order valence-corrected chi connectivity index (χ4v) is 4.07. The molecule has 1 aromatic rings. The van der Waals surface area contributed by atoms with E-state index in [1.54, 1.807) is 6.33 Å². The van der Waals surface area contributed by atoms with Crippen molar-refractivity contribution in [2.45, 2.75) is 57.8 Å². The lowest BCUT2D eigenvalue weighted by molar-refractivity contribution is 0.141. The summed E-state index contributed by atoms with van der Waals surface area (Å²) >= 11 is 0. The second-order valence-corrected chi connectivity index (χ2v) is 7.20. The summed E-state index contributed by atoms with van der Waals surface area (Å²) < 4.78 is 0. The van der Waals surface area contributed by atoms with Gasteiger partial charge in [0.05, 0.1) is 0 Å². The maximum absolute atomic E-state index is 9.44. The molecule has 0 unspecified atom stereocenters. The maximum Gasteiger partial charge on any atom is 0.134 e. The molecule has 3 rings (SSSR count). The van der Waals surface area contributed by atoms with Gasteiger partial charge in [-0.3, -0.25) is 0 Å². The highest BCUT2D eigenvalue weighted by molar-refractivity contribution is 5.48. The van der Waals surface area contributed by atoms with Crippen molar-refractivity contribution in [2.75, 3.05) is 36.5 Å². The number of nitrogens with one attached hydrogen (secondary N) is 1. The molecule has 5 heteroatoms. The molecule has 0 aromatic carbocycles. The molecule has 128 valence electrons. The summed E-state index contributed by atoms with van der Waals surface area (Å²) in [5.41, 5.74) is 0.239. The molecule has 23 heavy (non-hydrogen) atoms. The standard InChI is InChI=1S/C18H30N4O/c23-12-9-18(7-3-1-4-8-18)14-19-16-13-17(21-15-20-16)22-10-5-2-6-11-22/h13,15,23H,1-12,14H2,(H,19,20,21). The van der Waals surface area contributed by atoms with Crippen molar-refractivity contribution in [2.24, 2.45) is 5.41 Å². The number of aliphatic hydroxyl groups excluding tert-OH is 1. The van der Waals surface area contributed by atoms with Crippen molar-refractivity contribution in [3.8, 4) is 0 Å². The first kappa shape index (κ1) is 16.5. The second kappa shape index (κ2) is 7.95. The summed E-state index contributed by atoms with van der Waals surface area (Å²) in [6.45, 7) is 3.39. The fraction of sp³-hybridized carbons (Fsp3) is 0.778. The number of anilines is 2. The van der Waals surface area contributed by atoms with E-state index in [0.717, 1.165) is 37.7 Å². The van der Waals surface area contributed by atoms with E-state index in [-0.39, 0.29) is 12.0 Å². The highest BCUT2D eigenvalue weighted by Gasteiger charge is 2.31. The molecule has 1 aliphatic carbocycles. The normalized spacial score (nSPS) is 21.2. The van der Waals surface area contributed by atoms with Crippen molar-refractivity contribution in [1.82, 2.24) is 9.97 Å². The molecule has 1 saturated carbocycles. The van der Waals surface area contributed by atoms with Crippen molar-refractivity contribution < 1.29 is 5.11 Å². The molecule has 0 bridgehead atoms. The van der Waals surface area contributed by atoms with E-state index >= 15 is 0 Å². The summed E-state index contributed by atoms with van der Waals surface area (Å²) in [6.07, 6.45) is 12.7. The van der Waals surface area contributed by atoms with E-state index in [9.17, 15) is 5.11 Å². The summed E-state index contributed by atoms with van der Waals surface area (Å²) in [6, 6.07) is 2.08. The van der Waals surface area contributed by atoms with Gasteiger partial charge in [-0.1, -0.05) is 19.3 Å². The summed E-state index contributed by atoms with van der Waals surface area (Å²) in [5, 5.41) is 13.0. The number of aliphatic hydroxyl groups is 1. The molecule has 5 nitrogen and oxygen atoms in total. The summed E-state index contributed by atoms with van der Waals surface area (Å²) in [5.74, 6) is 1.96. The Balaban J connectivity index is 1.62. The van der Waals surface area contributed by atoms with Crippen LogP contribution in [0.15, 0.2) is 12.4 Å². The largest absolute Gasteiger partial charge is 0.396 e. The van der Waals surface area contributed by atoms with Crippen molar-refractivity contribution >= 4 is 11.6 Å². The topological polar surface area (TPSA) is 61.3 Å². The minimum absolute atomic E-state index is 0.239. The monoisotopic (exact) mass is 318 g/mol. The molecule has 0 amide bonds. The van der Waals surface area contributed by atoms with Crippen LogP contribution >= 0.6 is 0 Å². The van der Waals surface area contributed by atoms with Gasteiger partial charge in [0.1, 0.15) is 18.0 Å². The lowest BCUT2D eigenvalue weighted by atomic mass is 9.72. The first-order valence-corrected chi connectivity index (χ1v) is 9.23. The van der Waals surface area contributed by atoms with Crippen LogP contribution in [-0.4, -0.2) is 41.3 Å². The highest BCUT2D eigenvalue weighted by Crippen LogP contribution is 2.39. The fourth-order valence-electron chi connectivity index (χ4n) is 4.07. The molecule has 0 spiro atoms. The Hall–Kier alpha value is -1.36. The molecular weight excluding hydrogens is 288 g/mol. The third-order valence-corrected chi connectivity index (χ3v) is 5.53. The van der Waals surface area contributed by atoms with Crippen molar-refractivity contribution in [3.63, 3.8) is 0 Å². The summed E-state index contributed by atoms with van der Waals surface area (Å²) in [7, 11) is 0. The number of hydrogen-bond acceptors (Lipinski definition) is 5. The molecule has 2 fully saturated rings. The average Bonchev–Trinajstić information content (AvgIpc) is 2.62. The van der Waals surface area contributed by atoms with E-state index in [1.807, 2.05) is 0 Å². The molecule has 0 radical (unpaired) electrons. The lowest BCUT2D eigenvalue weighted by Gasteiger charge is -2.37. The van der Waals surface area contributed by atoms with Gasteiger partial charge in [-0.05, 0) is 43.9 Å². The van der Waals surface area contributed by atoms with Gasteiger partial charge in [-0.2, -0.15) is 0 Å². The van der Waals surface area contributed by atoms with Gasteiger partial charge in [0.2, 0.25) is 0 Å². The van der Waals surface area contributed by atoms with Crippen LogP contribution in [0.2, 0.25) is 0 Å². The van der Waals surface area contributed by atoms with Crippen LogP contribution in [0.4, 0.5) is 11.6 Å². The Bertz CT molecular complexity index is 476. The first-order chi connectivity index (χ1) is 11.3. The molecule has 2 N–H and O–H groups in total. The van der Waals surface area contributed by atoms with E-state index in [2.05, 4.69) is 26.3 Å². The molecule has 1 aliphatic heterocycles. The first-order valence-electron chi connectivity index (χ1n) is 9.23. The molecule has 1 saturated heterocycles. The zero-order valence-corrected chi connectivity index (χ0v) is 14.1. The predicted molar refractivity (Wildman–Crippen MR) is 93.8 cm³/mol. The van der Waals surface area contributed by atoms with E-state index in [1.165, 1.54) is 51.4 Å². The zero-order valence-electron chi connectivity index (χ0n) is 14.1. The van der Waals surface area contributed by atoms with E-state index in [0.29, 0.717) is 0 Å². The maximum atomic E-state index is 9.44. The Labute approximate surface area is 139 Å². The minimum atomic E-state index is 0.239. The molecule has 2 aliphatic rings.